The molecule has 0 fully saturated rings. The summed E-state index contributed by atoms with van der Waals surface area (Å²) in [5.41, 5.74) is 3.59. The van der Waals surface area contributed by atoms with Crippen molar-refractivity contribution in [2.45, 2.75) is 59.9 Å². The minimum atomic E-state index is -0.456. The highest BCUT2D eigenvalue weighted by atomic mass is 35.5. The van der Waals surface area contributed by atoms with Crippen LogP contribution < -0.4 is 10.1 Å². The van der Waals surface area contributed by atoms with Crippen LogP contribution in [0.1, 0.15) is 64.6 Å². The number of fused-ring (bicyclic) bond motifs is 1. The highest BCUT2D eigenvalue weighted by Crippen LogP contribution is 2.34. The van der Waals surface area contributed by atoms with E-state index in [1.54, 1.807) is 6.07 Å². The molecule has 36 heavy (non-hydrogen) atoms. The Hall–Kier alpha value is -2.86. The molecule has 0 saturated heterocycles. The van der Waals surface area contributed by atoms with E-state index in [2.05, 4.69) is 49.8 Å². The standard InChI is InChI=1S/C29H37ClFN3O2/c1-7-17(4)19(6)24(14-32-27(18(5)8-2)25-15-33-34-29(25)31)23(9-3)28(35)21-12-20-13-22(30)10-11-26(20)36-16-21/h9-11,13-15,17-18,21,27,32H,6-8,12,16H2,1-5H3,(H,33,34)/b23-9+,24-14+. The maximum absolute atomic E-state index is 14.4. The molecule has 5 nitrogen and oxygen atoms in total. The molecular formula is C29H37ClFN3O2. The van der Waals surface area contributed by atoms with Crippen molar-refractivity contribution in [1.82, 2.24) is 15.5 Å². The molecule has 1 aliphatic rings. The number of hydrogen-bond donors (Lipinski definition) is 2. The Morgan fingerprint density at radius 2 is 2.08 bits per heavy atom. The lowest BCUT2D eigenvalue weighted by Crippen LogP contribution is -2.31. The lowest BCUT2D eigenvalue weighted by atomic mass is 9.82. The van der Waals surface area contributed by atoms with E-state index in [-0.39, 0.29) is 29.6 Å². The Kier molecular flexibility index (Phi) is 9.55. The summed E-state index contributed by atoms with van der Waals surface area (Å²) < 4.78 is 20.3. The second kappa shape index (κ2) is 12.4. The molecule has 2 aromatic rings. The fraction of sp³-hybridized carbons (Fsp3) is 0.448. The molecular weight excluding hydrogens is 477 g/mol. The van der Waals surface area contributed by atoms with Gasteiger partial charge in [-0.05, 0) is 60.9 Å². The molecule has 3 rings (SSSR count). The van der Waals surface area contributed by atoms with Gasteiger partial charge in [-0.15, -0.1) is 0 Å². The van der Waals surface area contributed by atoms with Crippen LogP contribution >= 0.6 is 11.6 Å². The number of ketones is 1. The maximum Gasteiger partial charge on any atom is 0.214 e. The van der Waals surface area contributed by atoms with Gasteiger partial charge in [-0.3, -0.25) is 9.89 Å². The van der Waals surface area contributed by atoms with E-state index in [1.165, 1.54) is 6.20 Å². The van der Waals surface area contributed by atoms with Gasteiger partial charge >= 0.3 is 0 Å². The zero-order valence-electron chi connectivity index (χ0n) is 21.8. The molecule has 1 aromatic heterocycles. The molecule has 0 radical (unpaired) electrons. The topological polar surface area (TPSA) is 67.0 Å². The number of nitrogens with zero attached hydrogens (tertiary/aromatic N) is 1. The molecule has 2 heterocycles. The van der Waals surface area contributed by atoms with E-state index in [0.29, 0.717) is 29.2 Å². The summed E-state index contributed by atoms with van der Waals surface area (Å²) in [6, 6.07) is 5.19. The van der Waals surface area contributed by atoms with Gasteiger partial charge in [-0.25, -0.2) is 0 Å². The number of nitrogens with one attached hydrogen (secondary N) is 2. The van der Waals surface area contributed by atoms with E-state index < -0.39 is 5.95 Å². The first-order valence-electron chi connectivity index (χ1n) is 12.7. The smallest absolute Gasteiger partial charge is 0.214 e. The largest absolute Gasteiger partial charge is 0.493 e. The van der Waals surface area contributed by atoms with Crippen LogP contribution in [0.3, 0.4) is 0 Å². The van der Waals surface area contributed by atoms with Crippen LogP contribution in [0.15, 0.2) is 60.0 Å². The third kappa shape index (κ3) is 6.09. The van der Waals surface area contributed by atoms with Crippen molar-refractivity contribution in [3.8, 4) is 5.75 Å². The summed E-state index contributed by atoms with van der Waals surface area (Å²) in [6.07, 6.45) is 7.46. The van der Waals surface area contributed by atoms with Crippen molar-refractivity contribution in [2.75, 3.05) is 6.61 Å². The third-order valence-electron chi connectivity index (χ3n) is 7.27. The number of carbonyl (C=O) groups excluding carboxylic acids is 1. The zero-order valence-corrected chi connectivity index (χ0v) is 22.6. The molecule has 0 saturated carbocycles. The van der Waals surface area contributed by atoms with E-state index >= 15 is 0 Å². The van der Waals surface area contributed by atoms with E-state index in [4.69, 9.17) is 16.3 Å². The maximum atomic E-state index is 14.4. The molecule has 0 spiro atoms. The number of halogens is 2. The Morgan fingerprint density at radius 3 is 2.69 bits per heavy atom. The van der Waals surface area contributed by atoms with Crippen LogP contribution in [-0.4, -0.2) is 22.6 Å². The van der Waals surface area contributed by atoms with Crippen LogP contribution in [0, 0.1) is 23.7 Å². The number of H-pyrrole nitrogens is 1. The van der Waals surface area contributed by atoms with Gasteiger partial charge in [0.15, 0.2) is 5.78 Å². The number of ether oxygens (including phenoxy) is 1. The first-order valence-corrected chi connectivity index (χ1v) is 13.1. The minimum Gasteiger partial charge on any atom is -0.493 e. The number of aromatic nitrogens is 2. The third-order valence-corrected chi connectivity index (χ3v) is 7.51. The molecule has 4 unspecified atom stereocenters. The minimum absolute atomic E-state index is 0.00443. The van der Waals surface area contributed by atoms with Gasteiger partial charge in [0.05, 0.1) is 24.8 Å². The van der Waals surface area contributed by atoms with Crippen molar-refractivity contribution >= 4 is 17.4 Å². The molecule has 1 aromatic carbocycles. The summed E-state index contributed by atoms with van der Waals surface area (Å²) >= 11 is 6.18. The fourth-order valence-corrected chi connectivity index (χ4v) is 4.70. The number of carbonyl (C=O) groups is 1. The van der Waals surface area contributed by atoms with Crippen molar-refractivity contribution in [1.29, 1.82) is 0 Å². The van der Waals surface area contributed by atoms with Crippen LogP contribution in [-0.2, 0) is 11.2 Å². The van der Waals surface area contributed by atoms with Gasteiger partial charge in [0.1, 0.15) is 5.75 Å². The number of aromatic amines is 1. The van der Waals surface area contributed by atoms with Gasteiger partial charge in [0.2, 0.25) is 5.95 Å². The van der Waals surface area contributed by atoms with Crippen molar-refractivity contribution in [3.63, 3.8) is 0 Å². The first-order chi connectivity index (χ1) is 17.2. The summed E-state index contributed by atoms with van der Waals surface area (Å²) in [5.74, 6) is 0.259. The average molecular weight is 514 g/mol. The Morgan fingerprint density at radius 1 is 1.33 bits per heavy atom. The van der Waals surface area contributed by atoms with Gasteiger partial charge in [0.25, 0.3) is 0 Å². The highest BCUT2D eigenvalue weighted by molar-refractivity contribution is 6.30. The monoisotopic (exact) mass is 513 g/mol. The SMILES string of the molecule is C=C(C(=C\NC(c1cn[nH]c1F)C(C)CC)/C(=C\C)C(=O)C1COc2ccc(Cl)cc2C1)C(C)CC. The predicted octanol–water partition coefficient (Wildman–Crippen LogP) is 7.13. The molecule has 0 bridgehead atoms. The Labute approximate surface area is 218 Å². The summed E-state index contributed by atoms with van der Waals surface area (Å²) in [6.45, 7) is 14.8. The lowest BCUT2D eigenvalue weighted by Gasteiger charge is -2.28. The van der Waals surface area contributed by atoms with Crippen molar-refractivity contribution in [2.24, 2.45) is 17.8 Å². The average Bonchev–Trinajstić information content (AvgIpc) is 3.31. The normalized spacial score (nSPS) is 18.6. The number of rotatable bonds is 11. The molecule has 0 amide bonds. The van der Waals surface area contributed by atoms with E-state index in [1.807, 2.05) is 31.3 Å². The molecule has 2 N–H and O–H groups in total. The van der Waals surface area contributed by atoms with Crippen molar-refractivity contribution < 1.29 is 13.9 Å². The van der Waals surface area contributed by atoms with E-state index in [9.17, 15) is 9.18 Å². The van der Waals surface area contributed by atoms with Crippen LogP contribution in [0.25, 0.3) is 0 Å². The number of hydrogen-bond acceptors (Lipinski definition) is 4. The first kappa shape index (κ1) is 27.7. The van der Waals surface area contributed by atoms with Crippen molar-refractivity contribution in [3.05, 3.63) is 82.1 Å². The van der Waals surface area contributed by atoms with Crippen LogP contribution in [0.4, 0.5) is 4.39 Å². The summed E-state index contributed by atoms with van der Waals surface area (Å²) in [5, 5.41) is 10.3. The predicted molar refractivity (Wildman–Crippen MR) is 143 cm³/mol. The lowest BCUT2D eigenvalue weighted by molar-refractivity contribution is -0.120. The van der Waals surface area contributed by atoms with Gasteiger partial charge in [0, 0.05) is 27.9 Å². The summed E-state index contributed by atoms with van der Waals surface area (Å²) in [4.78, 5) is 13.8. The zero-order chi connectivity index (χ0) is 26.4. The Balaban J connectivity index is 1.95. The quantitative estimate of drug-likeness (QED) is 0.248. The number of Topliss-reactive ketones (excluding diaryl/α,β-unsaturated/α-hetero) is 1. The van der Waals surface area contributed by atoms with Gasteiger partial charge < -0.3 is 10.1 Å². The van der Waals surface area contributed by atoms with E-state index in [0.717, 1.165) is 35.3 Å². The highest BCUT2D eigenvalue weighted by Gasteiger charge is 2.31. The van der Waals surface area contributed by atoms with Gasteiger partial charge in [-0.2, -0.15) is 9.49 Å². The van der Waals surface area contributed by atoms with Crippen LogP contribution in [0.2, 0.25) is 5.02 Å². The fourth-order valence-electron chi connectivity index (χ4n) is 4.50. The number of allylic oxidation sites excluding steroid dienone is 4. The Bertz CT molecular complexity index is 1150. The molecule has 1 aliphatic heterocycles. The molecule has 4 atom stereocenters. The second-order valence-electron chi connectivity index (χ2n) is 9.59. The molecule has 7 heteroatoms. The molecule has 0 aliphatic carbocycles. The summed E-state index contributed by atoms with van der Waals surface area (Å²) in [7, 11) is 0. The van der Waals surface area contributed by atoms with Gasteiger partial charge in [-0.1, -0.05) is 58.4 Å². The molecule has 194 valence electrons. The van der Waals surface area contributed by atoms with Crippen LogP contribution in [0.5, 0.6) is 5.75 Å². The second-order valence-corrected chi connectivity index (χ2v) is 10.0. The number of benzene rings is 1.